The van der Waals surface area contributed by atoms with Crippen LogP contribution in [0, 0.1) is 18.7 Å². The van der Waals surface area contributed by atoms with Crippen LogP contribution in [0.15, 0.2) is 18.2 Å². The molecule has 1 aromatic rings. The van der Waals surface area contributed by atoms with Gasteiger partial charge in [0, 0.05) is 19.1 Å². The Hall–Kier alpha value is -1.42. The zero-order valence-electron chi connectivity index (χ0n) is 11.4. The van der Waals surface area contributed by atoms with Crippen molar-refractivity contribution in [1.29, 1.82) is 0 Å². The van der Waals surface area contributed by atoms with Crippen molar-refractivity contribution in [1.82, 2.24) is 5.32 Å². The predicted octanol–water partition coefficient (Wildman–Crippen LogP) is 2.68. The zero-order chi connectivity index (χ0) is 13.8. The quantitative estimate of drug-likeness (QED) is 0.909. The monoisotopic (exact) mass is 265 g/mol. The highest BCUT2D eigenvalue weighted by Gasteiger charge is 2.27. The lowest BCUT2D eigenvalue weighted by Crippen LogP contribution is -2.33. The van der Waals surface area contributed by atoms with E-state index in [4.69, 9.17) is 4.74 Å². The van der Waals surface area contributed by atoms with Gasteiger partial charge in [0.1, 0.15) is 5.82 Å². The molecule has 0 saturated carbocycles. The molecule has 1 saturated heterocycles. The summed E-state index contributed by atoms with van der Waals surface area (Å²) in [6, 6.07) is 4.87. The van der Waals surface area contributed by atoms with Crippen LogP contribution >= 0.6 is 0 Å². The molecule has 0 radical (unpaired) electrons. The van der Waals surface area contributed by atoms with E-state index in [9.17, 15) is 9.18 Å². The van der Waals surface area contributed by atoms with Crippen LogP contribution in [-0.2, 0) is 4.74 Å². The van der Waals surface area contributed by atoms with Crippen molar-refractivity contribution in [2.45, 2.75) is 32.8 Å². The molecule has 2 atom stereocenters. The summed E-state index contributed by atoms with van der Waals surface area (Å²) in [4.78, 5) is 12.0. The molecule has 1 aliphatic rings. The topological polar surface area (TPSA) is 38.3 Å². The van der Waals surface area contributed by atoms with Crippen LogP contribution in [0.1, 0.15) is 35.7 Å². The zero-order valence-corrected chi connectivity index (χ0v) is 11.4. The molecule has 1 amide bonds. The van der Waals surface area contributed by atoms with Gasteiger partial charge in [0.15, 0.2) is 0 Å². The van der Waals surface area contributed by atoms with E-state index in [1.54, 1.807) is 19.1 Å². The van der Waals surface area contributed by atoms with Crippen LogP contribution in [0.3, 0.4) is 0 Å². The maximum absolute atomic E-state index is 13.8. The first-order chi connectivity index (χ1) is 9.13. The van der Waals surface area contributed by atoms with Gasteiger partial charge in [-0.2, -0.15) is 0 Å². The Morgan fingerprint density at radius 3 is 3.05 bits per heavy atom. The average Bonchev–Trinajstić information content (AvgIpc) is 2.86. The second kappa shape index (κ2) is 6.15. The van der Waals surface area contributed by atoms with Gasteiger partial charge >= 0.3 is 0 Å². The molecular formula is C15H20FNO2. The van der Waals surface area contributed by atoms with Crippen molar-refractivity contribution in [2.75, 3.05) is 13.2 Å². The number of carbonyl (C=O) groups is 1. The van der Waals surface area contributed by atoms with E-state index in [1.807, 2.05) is 0 Å². The van der Waals surface area contributed by atoms with Crippen molar-refractivity contribution in [3.05, 3.63) is 35.1 Å². The first kappa shape index (κ1) is 14.0. The van der Waals surface area contributed by atoms with Crippen LogP contribution in [-0.4, -0.2) is 25.2 Å². The van der Waals surface area contributed by atoms with Crippen molar-refractivity contribution >= 4 is 5.91 Å². The van der Waals surface area contributed by atoms with Crippen molar-refractivity contribution in [2.24, 2.45) is 5.92 Å². The number of aryl methyl sites for hydroxylation is 1. The summed E-state index contributed by atoms with van der Waals surface area (Å²) >= 11 is 0. The Labute approximate surface area is 113 Å². The van der Waals surface area contributed by atoms with Gasteiger partial charge in [-0.3, -0.25) is 4.79 Å². The molecule has 3 nitrogen and oxygen atoms in total. The smallest absolute Gasteiger partial charge is 0.254 e. The molecule has 0 bridgehead atoms. The normalized spacial score (nSPS) is 22.5. The van der Waals surface area contributed by atoms with Gasteiger partial charge in [-0.15, -0.1) is 0 Å². The molecule has 19 heavy (non-hydrogen) atoms. The summed E-state index contributed by atoms with van der Waals surface area (Å²) in [5.74, 6) is -0.445. The van der Waals surface area contributed by atoms with Crippen LogP contribution in [0.25, 0.3) is 0 Å². The molecular weight excluding hydrogens is 245 g/mol. The molecule has 2 rings (SSSR count). The fourth-order valence-corrected chi connectivity index (χ4v) is 2.52. The third kappa shape index (κ3) is 3.13. The number of hydrogen-bond donors (Lipinski definition) is 1. The van der Waals surface area contributed by atoms with Gasteiger partial charge in [0.05, 0.1) is 11.7 Å². The standard InChI is InChI=1S/C15H20FNO2/c1-3-13-11(7-8-19-13)9-17-15(18)12-6-4-5-10(2)14(12)16/h4-6,11,13H,3,7-9H2,1-2H3,(H,17,18). The minimum absolute atomic E-state index is 0.118. The lowest BCUT2D eigenvalue weighted by atomic mass is 9.99. The minimum Gasteiger partial charge on any atom is -0.378 e. The van der Waals surface area contributed by atoms with E-state index in [2.05, 4.69) is 12.2 Å². The van der Waals surface area contributed by atoms with Gasteiger partial charge in [0.2, 0.25) is 0 Å². The summed E-state index contributed by atoms with van der Waals surface area (Å²) in [5, 5.41) is 2.81. The number of halogens is 1. The number of carbonyl (C=O) groups excluding carboxylic acids is 1. The third-order valence-electron chi connectivity index (χ3n) is 3.71. The summed E-state index contributed by atoms with van der Waals surface area (Å²) in [7, 11) is 0. The van der Waals surface area contributed by atoms with Crippen molar-refractivity contribution < 1.29 is 13.9 Å². The number of rotatable bonds is 4. The summed E-state index contributed by atoms with van der Waals surface area (Å²) in [6.07, 6.45) is 2.11. The molecule has 1 heterocycles. The number of amides is 1. The summed E-state index contributed by atoms with van der Waals surface area (Å²) in [6.45, 7) is 5.03. The largest absolute Gasteiger partial charge is 0.378 e. The molecule has 0 aromatic heterocycles. The maximum Gasteiger partial charge on any atom is 0.254 e. The van der Waals surface area contributed by atoms with Crippen molar-refractivity contribution in [3.63, 3.8) is 0 Å². The second-order valence-electron chi connectivity index (χ2n) is 5.01. The van der Waals surface area contributed by atoms with Gasteiger partial charge in [-0.1, -0.05) is 19.1 Å². The van der Waals surface area contributed by atoms with E-state index < -0.39 is 5.82 Å². The molecule has 1 N–H and O–H groups in total. The van der Waals surface area contributed by atoms with Gasteiger partial charge in [-0.25, -0.2) is 4.39 Å². The fourth-order valence-electron chi connectivity index (χ4n) is 2.52. The molecule has 104 valence electrons. The first-order valence-electron chi connectivity index (χ1n) is 6.78. The van der Waals surface area contributed by atoms with Gasteiger partial charge < -0.3 is 10.1 Å². The van der Waals surface area contributed by atoms with E-state index in [0.717, 1.165) is 19.4 Å². The summed E-state index contributed by atoms with van der Waals surface area (Å²) < 4.78 is 19.4. The van der Waals surface area contributed by atoms with E-state index in [0.29, 0.717) is 18.0 Å². The molecule has 4 heteroatoms. The number of hydrogen-bond acceptors (Lipinski definition) is 2. The predicted molar refractivity (Wildman–Crippen MR) is 71.6 cm³/mol. The van der Waals surface area contributed by atoms with Crippen LogP contribution in [0.4, 0.5) is 4.39 Å². The Balaban J connectivity index is 1.96. The van der Waals surface area contributed by atoms with Crippen LogP contribution < -0.4 is 5.32 Å². The Bertz CT molecular complexity index is 461. The second-order valence-corrected chi connectivity index (χ2v) is 5.01. The SMILES string of the molecule is CCC1OCCC1CNC(=O)c1cccc(C)c1F. The summed E-state index contributed by atoms with van der Waals surface area (Å²) in [5.41, 5.74) is 0.607. The first-order valence-corrected chi connectivity index (χ1v) is 6.78. The van der Waals surface area contributed by atoms with E-state index >= 15 is 0 Å². The average molecular weight is 265 g/mol. The van der Waals surface area contributed by atoms with Crippen molar-refractivity contribution in [3.8, 4) is 0 Å². The van der Waals surface area contributed by atoms with E-state index in [-0.39, 0.29) is 17.6 Å². The van der Waals surface area contributed by atoms with Crippen LogP contribution in [0.2, 0.25) is 0 Å². The lowest BCUT2D eigenvalue weighted by molar-refractivity contribution is 0.0825. The molecule has 1 fully saturated rings. The molecule has 1 aliphatic heterocycles. The molecule has 0 aliphatic carbocycles. The highest BCUT2D eigenvalue weighted by molar-refractivity contribution is 5.94. The lowest BCUT2D eigenvalue weighted by Gasteiger charge is -2.17. The Morgan fingerprint density at radius 2 is 2.32 bits per heavy atom. The fraction of sp³-hybridized carbons (Fsp3) is 0.533. The number of nitrogens with one attached hydrogen (secondary N) is 1. The molecule has 0 spiro atoms. The van der Waals surface area contributed by atoms with E-state index in [1.165, 1.54) is 6.07 Å². The van der Waals surface area contributed by atoms with Crippen LogP contribution in [0.5, 0.6) is 0 Å². The maximum atomic E-state index is 13.8. The minimum atomic E-state index is -0.435. The number of benzene rings is 1. The molecule has 1 aromatic carbocycles. The number of ether oxygens (including phenoxy) is 1. The Kier molecular flexibility index (Phi) is 4.53. The Morgan fingerprint density at radius 1 is 1.53 bits per heavy atom. The molecule has 2 unspecified atom stereocenters. The highest BCUT2D eigenvalue weighted by atomic mass is 19.1. The van der Waals surface area contributed by atoms with Gasteiger partial charge in [0.25, 0.3) is 5.91 Å². The third-order valence-corrected chi connectivity index (χ3v) is 3.71. The highest BCUT2D eigenvalue weighted by Crippen LogP contribution is 2.22. The van der Waals surface area contributed by atoms with Gasteiger partial charge in [-0.05, 0) is 31.4 Å².